The summed E-state index contributed by atoms with van der Waals surface area (Å²) >= 11 is 0. The summed E-state index contributed by atoms with van der Waals surface area (Å²) < 4.78 is 13.7. The van der Waals surface area contributed by atoms with E-state index >= 15 is 0 Å². The van der Waals surface area contributed by atoms with Gasteiger partial charge in [0.1, 0.15) is 31.0 Å². The fourth-order valence-electron chi connectivity index (χ4n) is 1.49. The molecule has 1 saturated heterocycles. The Balaban J connectivity index is 2.47. The molecule has 0 aliphatic carbocycles. The van der Waals surface area contributed by atoms with Crippen LogP contribution in [0.3, 0.4) is 0 Å². The van der Waals surface area contributed by atoms with Crippen LogP contribution in [0.1, 0.15) is 0 Å². The third kappa shape index (κ3) is 4.25. The monoisotopic (exact) mass is 292 g/mol. The Labute approximate surface area is 114 Å². The first kappa shape index (κ1) is 16.5. The molecule has 1 rings (SSSR count). The van der Waals surface area contributed by atoms with E-state index < -0.39 is 49.3 Å². The zero-order chi connectivity index (χ0) is 15.3. The normalized spacial score (nSPS) is 34.0. The van der Waals surface area contributed by atoms with Crippen LogP contribution < -0.4 is 0 Å². The summed E-state index contributed by atoms with van der Waals surface area (Å²) in [5, 5.41) is 37.4. The number of aliphatic hydroxyl groups excluding tert-OH is 4. The van der Waals surface area contributed by atoms with Crippen molar-refractivity contribution in [3.63, 3.8) is 0 Å². The maximum absolute atomic E-state index is 11.2. The summed E-state index contributed by atoms with van der Waals surface area (Å²) in [6.45, 7) is -0.480. The Bertz CT molecular complexity index is 380. The minimum Gasteiger partial charge on any atom is -0.466 e. The van der Waals surface area contributed by atoms with E-state index in [1.807, 2.05) is 0 Å². The predicted molar refractivity (Wildman–Crippen MR) is 61.0 cm³/mol. The molecule has 1 aliphatic heterocycles. The highest BCUT2D eigenvalue weighted by atomic mass is 16.6. The molecule has 0 aromatic carbocycles. The molecule has 0 spiro atoms. The van der Waals surface area contributed by atoms with Crippen LogP contribution in [0.15, 0.2) is 12.2 Å². The van der Waals surface area contributed by atoms with Gasteiger partial charge in [-0.1, -0.05) is 0 Å². The van der Waals surface area contributed by atoms with E-state index in [0.717, 1.165) is 19.3 Å². The van der Waals surface area contributed by atoms with Gasteiger partial charge in [0.25, 0.3) is 0 Å². The van der Waals surface area contributed by atoms with E-state index in [0.29, 0.717) is 0 Å². The third-order valence-corrected chi connectivity index (χ3v) is 2.63. The van der Waals surface area contributed by atoms with E-state index in [-0.39, 0.29) is 0 Å². The second-order valence-corrected chi connectivity index (χ2v) is 4.02. The molecule has 0 bridgehead atoms. The van der Waals surface area contributed by atoms with E-state index in [2.05, 4.69) is 9.47 Å². The molecular formula is C11H16O9. The van der Waals surface area contributed by atoms with E-state index in [1.54, 1.807) is 0 Å². The Hall–Kier alpha value is -1.52. The molecule has 9 nitrogen and oxygen atoms in total. The van der Waals surface area contributed by atoms with Crippen molar-refractivity contribution in [3.05, 3.63) is 12.2 Å². The van der Waals surface area contributed by atoms with Crippen molar-refractivity contribution in [2.45, 2.75) is 30.7 Å². The quantitative estimate of drug-likeness (QED) is 0.316. The van der Waals surface area contributed by atoms with Crippen LogP contribution >= 0.6 is 0 Å². The Morgan fingerprint density at radius 2 is 1.65 bits per heavy atom. The predicted octanol–water partition coefficient (Wildman–Crippen LogP) is -2.94. The fourth-order valence-corrected chi connectivity index (χ4v) is 1.49. The Morgan fingerprint density at radius 3 is 2.25 bits per heavy atom. The van der Waals surface area contributed by atoms with Gasteiger partial charge in [0.2, 0.25) is 0 Å². The standard InChI is InChI=1S/C11H16O9/c1-18-6(12)2-3-7(13)19-4-5-8(14)9(15)10(16)11(17)20-5/h2-3,5,8-11,14-17H,4H2,1H3/b3-2+/t5?,8-,9-,10+,11-/m0/s1. The van der Waals surface area contributed by atoms with Gasteiger partial charge in [0.05, 0.1) is 7.11 Å². The van der Waals surface area contributed by atoms with Crippen LogP contribution in [0.25, 0.3) is 0 Å². The average molecular weight is 292 g/mol. The molecule has 0 amide bonds. The van der Waals surface area contributed by atoms with Crippen molar-refractivity contribution in [3.8, 4) is 0 Å². The van der Waals surface area contributed by atoms with E-state index in [9.17, 15) is 30.0 Å². The average Bonchev–Trinajstić information content (AvgIpc) is 2.44. The summed E-state index contributed by atoms with van der Waals surface area (Å²) in [6.07, 6.45) is -6.09. The van der Waals surface area contributed by atoms with Crippen LogP contribution in [-0.4, -0.2) is 76.8 Å². The van der Waals surface area contributed by atoms with Crippen LogP contribution in [0.4, 0.5) is 0 Å². The Kier molecular flexibility index (Phi) is 6.05. The summed E-state index contributed by atoms with van der Waals surface area (Å²) in [4.78, 5) is 21.9. The number of aliphatic hydroxyl groups is 4. The maximum Gasteiger partial charge on any atom is 0.331 e. The van der Waals surface area contributed by atoms with Crippen molar-refractivity contribution >= 4 is 11.9 Å². The highest BCUT2D eigenvalue weighted by Gasteiger charge is 2.43. The van der Waals surface area contributed by atoms with Crippen molar-refractivity contribution in [2.24, 2.45) is 0 Å². The second-order valence-electron chi connectivity index (χ2n) is 4.02. The SMILES string of the molecule is COC(=O)/C=C/C(=O)OCC1O[C@H](O)[C@H](O)[C@@H](O)[C@H]1O. The van der Waals surface area contributed by atoms with Gasteiger partial charge in [-0.2, -0.15) is 0 Å². The fraction of sp³-hybridized carbons (Fsp3) is 0.636. The topological polar surface area (TPSA) is 143 Å². The highest BCUT2D eigenvalue weighted by Crippen LogP contribution is 2.20. The molecule has 20 heavy (non-hydrogen) atoms. The number of methoxy groups -OCH3 is 1. The van der Waals surface area contributed by atoms with Crippen molar-refractivity contribution in [1.82, 2.24) is 0 Å². The van der Waals surface area contributed by atoms with Crippen molar-refractivity contribution < 1.29 is 44.2 Å². The molecule has 5 atom stereocenters. The lowest BCUT2D eigenvalue weighted by molar-refractivity contribution is -0.287. The minimum atomic E-state index is -1.71. The Morgan fingerprint density at radius 1 is 1.05 bits per heavy atom. The molecule has 0 saturated carbocycles. The lowest BCUT2D eigenvalue weighted by atomic mass is 9.99. The number of carbonyl (C=O) groups excluding carboxylic acids is 2. The van der Waals surface area contributed by atoms with E-state index in [1.165, 1.54) is 0 Å². The lowest BCUT2D eigenvalue weighted by Gasteiger charge is -2.37. The zero-order valence-electron chi connectivity index (χ0n) is 10.6. The van der Waals surface area contributed by atoms with E-state index in [4.69, 9.17) is 4.74 Å². The number of ether oxygens (including phenoxy) is 3. The molecule has 0 radical (unpaired) electrons. The van der Waals surface area contributed by atoms with Gasteiger partial charge in [-0.25, -0.2) is 9.59 Å². The van der Waals surface area contributed by atoms with Gasteiger partial charge in [-0.3, -0.25) is 0 Å². The molecule has 9 heteroatoms. The number of esters is 2. The smallest absolute Gasteiger partial charge is 0.331 e. The molecule has 1 unspecified atom stereocenters. The first-order valence-corrected chi connectivity index (χ1v) is 5.67. The summed E-state index contributed by atoms with van der Waals surface area (Å²) in [6, 6.07) is 0. The van der Waals surface area contributed by atoms with Gasteiger partial charge in [-0.05, 0) is 0 Å². The van der Waals surface area contributed by atoms with Gasteiger partial charge in [0, 0.05) is 12.2 Å². The second kappa shape index (κ2) is 7.31. The summed E-state index contributed by atoms with van der Waals surface area (Å²) in [7, 11) is 1.14. The molecule has 114 valence electrons. The van der Waals surface area contributed by atoms with Gasteiger partial charge in [0.15, 0.2) is 6.29 Å². The van der Waals surface area contributed by atoms with Crippen molar-refractivity contribution in [2.75, 3.05) is 13.7 Å². The summed E-state index contributed by atoms with van der Waals surface area (Å²) in [5.41, 5.74) is 0. The van der Waals surface area contributed by atoms with Crippen molar-refractivity contribution in [1.29, 1.82) is 0 Å². The zero-order valence-corrected chi connectivity index (χ0v) is 10.6. The summed E-state index contributed by atoms with van der Waals surface area (Å²) in [5.74, 6) is -1.65. The molecule has 0 aromatic heterocycles. The highest BCUT2D eigenvalue weighted by molar-refractivity contribution is 5.91. The number of hydrogen-bond acceptors (Lipinski definition) is 9. The molecule has 4 N–H and O–H groups in total. The number of hydrogen-bond donors (Lipinski definition) is 4. The number of carbonyl (C=O) groups is 2. The van der Waals surface area contributed by atoms with Crippen LogP contribution in [0, 0.1) is 0 Å². The number of rotatable bonds is 4. The molecular weight excluding hydrogens is 276 g/mol. The molecule has 1 heterocycles. The lowest BCUT2D eigenvalue weighted by Crippen LogP contribution is -2.58. The van der Waals surface area contributed by atoms with Crippen LogP contribution in [-0.2, 0) is 23.8 Å². The van der Waals surface area contributed by atoms with Crippen LogP contribution in [0.2, 0.25) is 0 Å². The van der Waals surface area contributed by atoms with Gasteiger partial charge in [-0.15, -0.1) is 0 Å². The largest absolute Gasteiger partial charge is 0.466 e. The minimum absolute atomic E-state index is 0.480. The first-order chi connectivity index (χ1) is 9.36. The maximum atomic E-state index is 11.2. The molecule has 1 aliphatic rings. The third-order valence-electron chi connectivity index (χ3n) is 2.63. The molecule has 0 aromatic rings. The van der Waals surface area contributed by atoms with Gasteiger partial charge >= 0.3 is 11.9 Å². The first-order valence-electron chi connectivity index (χ1n) is 5.67. The molecule has 1 fully saturated rings. The van der Waals surface area contributed by atoms with Crippen LogP contribution in [0.5, 0.6) is 0 Å². The van der Waals surface area contributed by atoms with Gasteiger partial charge < -0.3 is 34.6 Å².